The van der Waals surface area contributed by atoms with Crippen molar-refractivity contribution in [2.75, 3.05) is 13.1 Å². The zero-order chi connectivity index (χ0) is 13.0. The number of nitrogens with one attached hydrogen (secondary N) is 1. The lowest BCUT2D eigenvalue weighted by Crippen LogP contribution is -2.30. The van der Waals surface area contributed by atoms with Crippen LogP contribution in [0.2, 0.25) is 0 Å². The van der Waals surface area contributed by atoms with Crippen LogP contribution in [0.5, 0.6) is 0 Å². The summed E-state index contributed by atoms with van der Waals surface area (Å²) in [5.41, 5.74) is 3.97. The molecule has 3 N–H and O–H groups in total. The van der Waals surface area contributed by atoms with Gasteiger partial charge in [0.15, 0.2) is 0 Å². The van der Waals surface area contributed by atoms with Gasteiger partial charge in [-0.3, -0.25) is 15.1 Å². The van der Waals surface area contributed by atoms with E-state index in [1.54, 1.807) is 6.07 Å². The Labute approximate surface area is 108 Å². The fraction of sp³-hybridized carbons (Fsp3) is 0.500. The van der Waals surface area contributed by atoms with E-state index in [4.69, 9.17) is 5.84 Å². The number of carbonyl (C=O) groups is 1. The van der Waals surface area contributed by atoms with Crippen molar-refractivity contribution in [2.24, 2.45) is 11.8 Å². The molecule has 18 heavy (non-hydrogen) atoms. The van der Waals surface area contributed by atoms with Gasteiger partial charge < -0.3 is 0 Å². The third kappa shape index (κ3) is 3.09. The molecule has 4 heteroatoms. The molecule has 0 radical (unpaired) electrons. The molecule has 1 aromatic rings. The number of benzene rings is 1. The lowest BCUT2D eigenvalue weighted by atomic mass is 10.1. The molecule has 4 nitrogen and oxygen atoms in total. The highest BCUT2D eigenvalue weighted by Crippen LogP contribution is 2.21. The lowest BCUT2D eigenvalue weighted by molar-refractivity contribution is 0.0953. The third-order valence-corrected chi connectivity index (χ3v) is 3.67. The highest BCUT2D eigenvalue weighted by molar-refractivity contribution is 5.93. The normalized spacial score (nSPS) is 20.0. The van der Waals surface area contributed by atoms with E-state index >= 15 is 0 Å². The highest BCUT2D eigenvalue weighted by Gasteiger charge is 2.20. The van der Waals surface area contributed by atoms with E-state index in [0.717, 1.165) is 19.0 Å². The largest absolute Gasteiger partial charge is 0.299 e. The molecule has 1 heterocycles. The second-order valence-electron chi connectivity index (χ2n) is 4.97. The van der Waals surface area contributed by atoms with Crippen LogP contribution in [-0.2, 0) is 6.54 Å². The molecule has 0 saturated carbocycles. The number of nitrogen functional groups attached to an aromatic ring is 1. The van der Waals surface area contributed by atoms with Crippen molar-refractivity contribution in [3.8, 4) is 0 Å². The summed E-state index contributed by atoms with van der Waals surface area (Å²) in [6.45, 7) is 5.50. The maximum absolute atomic E-state index is 11.5. The van der Waals surface area contributed by atoms with Crippen LogP contribution in [-0.4, -0.2) is 23.9 Å². The minimum atomic E-state index is -0.232. The van der Waals surface area contributed by atoms with Gasteiger partial charge in [-0.1, -0.05) is 25.5 Å². The highest BCUT2D eigenvalue weighted by atomic mass is 16.2. The first kappa shape index (κ1) is 13.1. The Morgan fingerprint density at radius 3 is 3.06 bits per heavy atom. The Hall–Kier alpha value is -1.39. The Bertz CT molecular complexity index is 419. The minimum absolute atomic E-state index is 0.232. The van der Waals surface area contributed by atoms with Crippen LogP contribution in [0, 0.1) is 5.92 Å². The fourth-order valence-corrected chi connectivity index (χ4v) is 2.54. The van der Waals surface area contributed by atoms with E-state index in [-0.39, 0.29) is 5.91 Å². The number of likely N-dealkylation sites (tertiary alicyclic amines) is 1. The predicted molar refractivity (Wildman–Crippen MR) is 71.8 cm³/mol. The van der Waals surface area contributed by atoms with Gasteiger partial charge in [0.05, 0.1) is 0 Å². The van der Waals surface area contributed by atoms with Crippen LogP contribution >= 0.6 is 0 Å². The van der Waals surface area contributed by atoms with E-state index in [2.05, 4.69) is 23.3 Å². The summed E-state index contributed by atoms with van der Waals surface area (Å²) < 4.78 is 0. The maximum Gasteiger partial charge on any atom is 0.265 e. The molecule has 1 fully saturated rings. The average Bonchev–Trinajstić information content (AvgIpc) is 2.86. The van der Waals surface area contributed by atoms with Crippen LogP contribution < -0.4 is 11.3 Å². The third-order valence-electron chi connectivity index (χ3n) is 3.67. The molecule has 1 aromatic carbocycles. The summed E-state index contributed by atoms with van der Waals surface area (Å²) in [5, 5.41) is 0. The number of hydrazine groups is 1. The Morgan fingerprint density at radius 2 is 2.39 bits per heavy atom. The molecule has 98 valence electrons. The number of hydrogen-bond acceptors (Lipinski definition) is 3. The number of hydrogen-bond donors (Lipinski definition) is 2. The summed E-state index contributed by atoms with van der Waals surface area (Å²) >= 11 is 0. The lowest BCUT2D eigenvalue weighted by Gasteiger charge is -2.16. The van der Waals surface area contributed by atoms with Crippen LogP contribution in [0.25, 0.3) is 0 Å². The SMILES string of the molecule is CCC1CCN(Cc2cccc(C(=O)NN)c2)C1. The van der Waals surface area contributed by atoms with Gasteiger partial charge in [-0.05, 0) is 36.6 Å². The molecular weight excluding hydrogens is 226 g/mol. The summed E-state index contributed by atoms with van der Waals surface area (Å²) in [5.74, 6) is 5.75. The van der Waals surface area contributed by atoms with Gasteiger partial charge in [-0.2, -0.15) is 0 Å². The molecule has 1 atom stereocenters. The second-order valence-corrected chi connectivity index (χ2v) is 4.97. The second kappa shape index (κ2) is 5.98. The molecule has 0 aliphatic carbocycles. The maximum atomic E-state index is 11.5. The first-order chi connectivity index (χ1) is 8.72. The standard InChI is InChI=1S/C14H21N3O/c1-2-11-6-7-17(9-11)10-12-4-3-5-13(8-12)14(18)16-15/h3-5,8,11H,2,6-7,9-10,15H2,1H3,(H,16,18). The van der Waals surface area contributed by atoms with Gasteiger partial charge in [0.2, 0.25) is 0 Å². The van der Waals surface area contributed by atoms with Crippen molar-refractivity contribution in [1.29, 1.82) is 0 Å². The van der Waals surface area contributed by atoms with Crippen LogP contribution in [0.1, 0.15) is 35.7 Å². The molecule has 0 spiro atoms. The molecule has 0 aromatic heterocycles. The van der Waals surface area contributed by atoms with Crippen molar-refractivity contribution in [2.45, 2.75) is 26.3 Å². The summed E-state index contributed by atoms with van der Waals surface area (Å²) in [6.07, 6.45) is 2.55. The van der Waals surface area contributed by atoms with Crippen LogP contribution in [0.3, 0.4) is 0 Å². The molecule has 1 aliphatic heterocycles. The van der Waals surface area contributed by atoms with Crippen molar-refractivity contribution < 1.29 is 4.79 Å². The van der Waals surface area contributed by atoms with Crippen molar-refractivity contribution in [3.05, 3.63) is 35.4 Å². The smallest absolute Gasteiger partial charge is 0.265 e. The molecule has 1 aliphatic rings. The summed E-state index contributed by atoms with van der Waals surface area (Å²) in [6, 6.07) is 7.67. The van der Waals surface area contributed by atoms with E-state index in [0.29, 0.717) is 5.56 Å². The average molecular weight is 247 g/mol. The molecule has 1 unspecified atom stereocenters. The fourth-order valence-electron chi connectivity index (χ4n) is 2.54. The monoisotopic (exact) mass is 247 g/mol. The predicted octanol–water partition coefficient (Wildman–Crippen LogP) is 1.52. The van der Waals surface area contributed by atoms with Crippen molar-refractivity contribution in [1.82, 2.24) is 10.3 Å². The van der Waals surface area contributed by atoms with Gasteiger partial charge in [0.25, 0.3) is 5.91 Å². The Kier molecular flexibility index (Phi) is 4.33. The van der Waals surface area contributed by atoms with E-state index in [9.17, 15) is 4.79 Å². The van der Waals surface area contributed by atoms with Gasteiger partial charge in [-0.25, -0.2) is 5.84 Å². The number of amides is 1. The van der Waals surface area contributed by atoms with E-state index in [1.165, 1.54) is 24.9 Å². The topological polar surface area (TPSA) is 58.4 Å². The number of carbonyl (C=O) groups excluding carboxylic acids is 1. The van der Waals surface area contributed by atoms with Crippen LogP contribution in [0.4, 0.5) is 0 Å². The van der Waals surface area contributed by atoms with Crippen LogP contribution in [0.15, 0.2) is 24.3 Å². The molecule has 2 rings (SSSR count). The van der Waals surface area contributed by atoms with E-state index in [1.807, 2.05) is 12.1 Å². The quantitative estimate of drug-likeness (QED) is 0.482. The minimum Gasteiger partial charge on any atom is -0.299 e. The summed E-state index contributed by atoms with van der Waals surface area (Å²) in [7, 11) is 0. The number of nitrogens with zero attached hydrogens (tertiary/aromatic N) is 1. The summed E-state index contributed by atoms with van der Waals surface area (Å²) in [4.78, 5) is 13.9. The Morgan fingerprint density at radius 1 is 1.56 bits per heavy atom. The zero-order valence-corrected chi connectivity index (χ0v) is 10.9. The van der Waals surface area contributed by atoms with Gasteiger partial charge in [0, 0.05) is 18.7 Å². The van der Waals surface area contributed by atoms with Crippen molar-refractivity contribution in [3.63, 3.8) is 0 Å². The van der Waals surface area contributed by atoms with Gasteiger partial charge in [0.1, 0.15) is 0 Å². The van der Waals surface area contributed by atoms with Gasteiger partial charge in [-0.15, -0.1) is 0 Å². The van der Waals surface area contributed by atoms with Crippen molar-refractivity contribution >= 4 is 5.91 Å². The Balaban J connectivity index is 1.99. The van der Waals surface area contributed by atoms with E-state index < -0.39 is 0 Å². The molecular formula is C14H21N3O. The van der Waals surface area contributed by atoms with Gasteiger partial charge >= 0.3 is 0 Å². The first-order valence-corrected chi connectivity index (χ1v) is 6.55. The first-order valence-electron chi connectivity index (χ1n) is 6.55. The number of nitrogens with two attached hydrogens (primary N) is 1. The molecule has 1 amide bonds. The number of rotatable bonds is 4. The molecule has 1 saturated heterocycles. The zero-order valence-electron chi connectivity index (χ0n) is 10.9. The molecule has 0 bridgehead atoms.